The van der Waals surface area contributed by atoms with Gasteiger partial charge in [-0.05, 0) is 43.5 Å². The van der Waals surface area contributed by atoms with Crippen LogP contribution in [0.2, 0.25) is 0 Å². The van der Waals surface area contributed by atoms with Gasteiger partial charge in [-0.2, -0.15) is 0 Å². The zero-order valence-corrected chi connectivity index (χ0v) is 12.3. The number of benzene rings is 1. The summed E-state index contributed by atoms with van der Waals surface area (Å²) >= 11 is 5.13. The number of hydrogen-bond donors (Lipinski definition) is 1. The molecule has 0 radical (unpaired) electrons. The maximum absolute atomic E-state index is 5.81. The van der Waals surface area contributed by atoms with Gasteiger partial charge in [-0.1, -0.05) is 29.9 Å². The molecule has 1 aromatic carbocycles. The van der Waals surface area contributed by atoms with Crippen molar-refractivity contribution >= 4 is 28.6 Å². The van der Waals surface area contributed by atoms with Crippen LogP contribution in [0.1, 0.15) is 23.2 Å². The second-order valence-corrected chi connectivity index (χ2v) is 5.56. The van der Waals surface area contributed by atoms with E-state index in [1.807, 2.05) is 12.1 Å². The summed E-state index contributed by atoms with van der Waals surface area (Å²) in [5.74, 6) is 0. The van der Waals surface area contributed by atoms with Crippen molar-refractivity contribution in [2.45, 2.75) is 19.8 Å². The van der Waals surface area contributed by atoms with Gasteiger partial charge in [0.25, 0.3) is 0 Å². The Balaban J connectivity index is 2.12. The van der Waals surface area contributed by atoms with E-state index in [1.165, 1.54) is 16.8 Å². The summed E-state index contributed by atoms with van der Waals surface area (Å²) in [6, 6.07) is 10.6. The van der Waals surface area contributed by atoms with E-state index in [0.29, 0.717) is 10.7 Å². The Hall–Kier alpha value is -1.94. The molecule has 0 saturated heterocycles. The highest BCUT2D eigenvalue weighted by atomic mass is 32.1. The van der Waals surface area contributed by atoms with Crippen LogP contribution in [0, 0.1) is 6.92 Å². The third-order valence-corrected chi connectivity index (χ3v) is 3.86. The summed E-state index contributed by atoms with van der Waals surface area (Å²) < 4.78 is 0. The molecule has 1 aromatic heterocycles. The minimum absolute atomic E-state index is 0.347. The first-order valence-electron chi connectivity index (χ1n) is 6.78. The summed E-state index contributed by atoms with van der Waals surface area (Å²) in [5, 5.41) is 0. The molecule has 3 rings (SSSR count). The van der Waals surface area contributed by atoms with E-state index >= 15 is 0 Å². The number of hydrogen-bond acceptors (Lipinski definition) is 3. The molecule has 0 atom stereocenters. The van der Waals surface area contributed by atoms with Gasteiger partial charge in [0.15, 0.2) is 0 Å². The molecule has 0 bridgehead atoms. The average Bonchev–Trinajstić information content (AvgIpc) is 2.46. The third-order valence-electron chi connectivity index (χ3n) is 3.66. The summed E-state index contributed by atoms with van der Waals surface area (Å²) in [6.45, 7) is 3.10. The lowest BCUT2D eigenvalue weighted by atomic mass is 9.99. The number of anilines is 2. The van der Waals surface area contributed by atoms with Crippen molar-refractivity contribution in [2.24, 2.45) is 5.73 Å². The van der Waals surface area contributed by atoms with Crippen LogP contribution in [0.5, 0.6) is 0 Å². The van der Waals surface area contributed by atoms with E-state index < -0.39 is 0 Å². The molecule has 20 heavy (non-hydrogen) atoms. The molecule has 0 amide bonds. The highest BCUT2D eigenvalue weighted by molar-refractivity contribution is 7.80. The fourth-order valence-corrected chi connectivity index (χ4v) is 2.94. The van der Waals surface area contributed by atoms with Crippen LogP contribution < -0.4 is 10.6 Å². The largest absolute Gasteiger partial charge is 0.388 e. The van der Waals surface area contributed by atoms with Crippen LogP contribution in [0.15, 0.2) is 36.5 Å². The quantitative estimate of drug-likeness (QED) is 0.860. The zero-order valence-electron chi connectivity index (χ0n) is 11.5. The van der Waals surface area contributed by atoms with Crippen molar-refractivity contribution in [3.8, 4) is 0 Å². The molecule has 2 N–H and O–H groups in total. The molecule has 102 valence electrons. The van der Waals surface area contributed by atoms with Gasteiger partial charge >= 0.3 is 0 Å². The lowest BCUT2D eigenvalue weighted by Gasteiger charge is -2.32. The van der Waals surface area contributed by atoms with E-state index in [9.17, 15) is 0 Å². The Kier molecular flexibility index (Phi) is 3.40. The fourth-order valence-electron chi connectivity index (χ4n) is 2.78. The second-order valence-electron chi connectivity index (χ2n) is 5.12. The van der Waals surface area contributed by atoms with Crippen molar-refractivity contribution in [3.63, 3.8) is 0 Å². The smallest absolute Gasteiger partial charge is 0.124 e. The lowest BCUT2D eigenvalue weighted by Crippen LogP contribution is -2.27. The average molecular weight is 283 g/mol. The van der Waals surface area contributed by atoms with E-state index in [4.69, 9.17) is 18.0 Å². The normalized spacial score (nSPS) is 13.9. The maximum atomic E-state index is 5.81. The van der Waals surface area contributed by atoms with Crippen LogP contribution in [0.3, 0.4) is 0 Å². The number of nitrogens with two attached hydrogens (primary N) is 1. The third kappa shape index (κ3) is 2.27. The molecular weight excluding hydrogens is 266 g/mol. The predicted octanol–water partition coefficient (Wildman–Crippen LogP) is 3.11. The molecule has 0 unspecified atom stereocenters. The van der Waals surface area contributed by atoms with E-state index in [-0.39, 0.29) is 0 Å². The monoisotopic (exact) mass is 283 g/mol. The van der Waals surface area contributed by atoms with Crippen molar-refractivity contribution in [2.75, 3.05) is 11.4 Å². The number of aromatic nitrogens is 1. The van der Waals surface area contributed by atoms with Gasteiger partial charge in [-0.3, -0.25) is 4.98 Å². The van der Waals surface area contributed by atoms with Gasteiger partial charge in [-0.15, -0.1) is 0 Å². The number of pyridine rings is 1. The van der Waals surface area contributed by atoms with Crippen LogP contribution in [0.25, 0.3) is 0 Å². The Labute approximate surface area is 124 Å². The van der Waals surface area contributed by atoms with Crippen molar-refractivity contribution in [1.29, 1.82) is 0 Å². The molecule has 2 heterocycles. The summed E-state index contributed by atoms with van der Waals surface area (Å²) in [7, 11) is 0. The minimum atomic E-state index is 0.347. The molecule has 1 aliphatic rings. The molecule has 0 fully saturated rings. The first-order chi connectivity index (χ1) is 9.66. The first kappa shape index (κ1) is 13.1. The van der Waals surface area contributed by atoms with Gasteiger partial charge in [0.2, 0.25) is 0 Å². The zero-order chi connectivity index (χ0) is 14.1. The predicted molar refractivity (Wildman–Crippen MR) is 86.6 cm³/mol. The minimum Gasteiger partial charge on any atom is -0.388 e. The van der Waals surface area contributed by atoms with Gasteiger partial charge in [0, 0.05) is 18.4 Å². The van der Waals surface area contributed by atoms with Gasteiger partial charge in [-0.25, -0.2) is 0 Å². The molecule has 0 aliphatic carbocycles. The number of fused-ring (bicyclic) bond motifs is 1. The van der Waals surface area contributed by atoms with E-state index in [0.717, 1.165) is 25.1 Å². The van der Waals surface area contributed by atoms with E-state index in [1.54, 1.807) is 6.20 Å². The maximum Gasteiger partial charge on any atom is 0.124 e. The van der Waals surface area contributed by atoms with Crippen LogP contribution in [-0.2, 0) is 6.42 Å². The SMILES string of the molecule is Cc1ccc2c(c1)CCCN2c1cccnc1C(N)=S. The Morgan fingerprint density at radius 3 is 2.95 bits per heavy atom. The first-order valence-corrected chi connectivity index (χ1v) is 7.19. The van der Waals surface area contributed by atoms with Crippen molar-refractivity contribution < 1.29 is 0 Å². The molecule has 4 heteroatoms. The molecule has 2 aromatic rings. The van der Waals surface area contributed by atoms with Crippen LogP contribution in [-0.4, -0.2) is 16.5 Å². The molecule has 1 aliphatic heterocycles. The molecular formula is C16H17N3S. The number of rotatable bonds is 2. The fraction of sp³-hybridized carbons (Fsp3) is 0.250. The highest BCUT2D eigenvalue weighted by Gasteiger charge is 2.21. The van der Waals surface area contributed by atoms with Gasteiger partial charge in [0.05, 0.1) is 5.69 Å². The summed E-state index contributed by atoms with van der Waals surface area (Å²) in [6.07, 6.45) is 3.98. The summed E-state index contributed by atoms with van der Waals surface area (Å²) in [4.78, 5) is 6.96. The van der Waals surface area contributed by atoms with Gasteiger partial charge in [0.1, 0.15) is 10.7 Å². The Morgan fingerprint density at radius 1 is 1.30 bits per heavy atom. The number of aryl methyl sites for hydroxylation is 2. The lowest BCUT2D eigenvalue weighted by molar-refractivity contribution is 0.764. The second kappa shape index (κ2) is 5.21. The Morgan fingerprint density at radius 2 is 2.15 bits per heavy atom. The van der Waals surface area contributed by atoms with E-state index in [2.05, 4.69) is 35.0 Å². The highest BCUT2D eigenvalue weighted by Crippen LogP contribution is 2.35. The number of thiocarbonyl (C=S) groups is 1. The van der Waals surface area contributed by atoms with Crippen molar-refractivity contribution in [1.82, 2.24) is 4.98 Å². The number of nitrogens with zero attached hydrogens (tertiary/aromatic N) is 2. The van der Waals surface area contributed by atoms with Crippen LogP contribution >= 0.6 is 12.2 Å². The molecule has 3 nitrogen and oxygen atoms in total. The summed E-state index contributed by atoms with van der Waals surface area (Å²) in [5.41, 5.74) is 11.4. The van der Waals surface area contributed by atoms with Crippen molar-refractivity contribution in [3.05, 3.63) is 53.3 Å². The van der Waals surface area contributed by atoms with Gasteiger partial charge < -0.3 is 10.6 Å². The molecule has 0 spiro atoms. The van der Waals surface area contributed by atoms with Crippen LogP contribution in [0.4, 0.5) is 11.4 Å². The molecule has 0 saturated carbocycles. The Bertz CT molecular complexity index is 667. The standard InChI is InChI=1S/C16H17N3S/c1-11-6-7-13-12(10-11)4-3-9-19(13)14-5-2-8-18-15(14)16(17)20/h2,5-8,10H,3-4,9H2,1H3,(H2,17,20). The topological polar surface area (TPSA) is 42.2 Å².